The van der Waals surface area contributed by atoms with Crippen molar-refractivity contribution in [3.8, 4) is 17.2 Å². The molecule has 0 radical (unpaired) electrons. The summed E-state index contributed by atoms with van der Waals surface area (Å²) in [7, 11) is -1.13. The van der Waals surface area contributed by atoms with Gasteiger partial charge in [0.05, 0.1) is 41.6 Å². The van der Waals surface area contributed by atoms with E-state index < -0.39 is 15.9 Å². The monoisotopic (exact) mass is 543 g/mol. The zero-order valence-corrected chi connectivity index (χ0v) is 21.2. The van der Waals surface area contributed by atoms with Gasteiger partial charge in [0.2, 0.25) is 15.9 Å². The minimum Gasteiger partial charge on any atom is -0.495 e. The molecule has 2 aliphatic heterocycles. The van der Waals surface area contributed by atoms with Gasteiger partial charge in [-0.15, -0.1) is 0 Å². The average molecular weight is 544 g/mol. The van der Waals surface area contributed by atoms with Crippen molar-refractivity contribution in [2.75, 3.05) is 44.5 Å². The number of ether oxygens (including phenoxy) is 3. The number of piperidine rings is 1. The number of nitrogens with zero attached hydrogens (tertiary/aromatic N) is 1. The molecular formula is C22H23Cl2N3O7S. The van der Waals surface area contributed by atoms with Crippen LogP contribution in [0.3, 0.4) is 0 Å². The number of amides is 2. The van der Waals surface area contributed by atoms with Crippen LogP contribution in [0.1, 0.15) is 12.8 Å². The van der Waals surface area contributed by atoms with Crippen LogP contribution in [-0.4, -0.2) is 58.5 Å². The fourth-order valence-corrected chi connectivity index (χ4v) is 6.27. The third-order valence-electron chi connectivity index (χ3n) is 5.77. The van der Waals surface area contributed by atoms with Crippen molar-refractivity contribution in [2.45, 2.75) is 17.7 Å². The molecule has 0 spiro atoms. The molecule has 0 bridgehead atoms. The van der Waals surface area contributed by atoms with Gasteiger partial charge in [0.25, 0.3) is 5.91 Å². The van der Waals surface area contributed by atoms with Crippen molar-refractivity contribution < 1.29 is 32.2 Å². The Hall–Kier alpha value is -2.73. The van der Waals surface area contributed by atoms with Gasteiger partial charge >= 0.3 is 0 Å². The molecule has 188 valence electrons. The molecule has 1 atom stereocenters. The number of carbonyl (C=O) groups is 2. The van der Waals surface area contributed by atoms with Crippen LogP contribution in [0.2, 0.25) is 10.0 Å². The summed E-state index contributed by atoms with van der Waals surface area (Å²) in [5.74, 6) is -0.385. The third-order valence-corrected chi connectivity index (χ3v) is 8.40. The first kappa shape index (κ1) is 25.4. The molecular weight excluding hydrogens is 521 g/mol. The first-order valence-electron chi connectivity index (χ1n) is 10.6. The van der Waals surface area contributed by atoms with E-state index in [0.717, 1.165) is 0 Å². The summed E-state index contributed by atoms with van der Waals surface area (Å²) in [6.07, 6.45) is 0.976. The van der Waals surface area contributed by atoms with E-state index in [4.69, 9.17) is 37.4 Å². The average Bonchev–Trinajstić information content (AvgIpc) is 2.83. The van der Waals surface area contributed by atoms with Gasteiger partial charge in [-0.3, -0.25) is 9.59 Å². The predicted octanol–water partition coefficient (Wildman–Crippen LogP) is 3.38. The van der Waals surface area contributed by atoms with Crippen molar-refractivity contribution in [1.29, 1.82) is 0 Å². The molecule has 2 heterocycles. The number of methoxy groups -OCH3 is 2. The van der Waals surface area contributed by atoms with Gasteiger partial charge in [-0.05, 0) is 25.0 Å². The number of sulfonamides is 1. The molecule has 1 saturated heterocycles. The Morgan fingerprint density at radius 2 is 1.89 bits per heavy atom. The summed E-state index contributed by atoms with van der Waals surface area (Å²) in [5.41, 5.74) is 0.647. The Morgan fingerprint density at radius 3 is 2.60 bits per heavy atom. The van der Waals surface area contributed by atoms with E-state index >= 15 is 0 Å². The second kappa shape index (κ2) is 10.1. The van der Waals surface area contributed by atoms with E-state index in [1.165, 1.54) is 36.7 Å². The summed E-state index contributed by atoms with van der Waals surface area (Å²) < 4.78 is 43.9. The van der Waals surface area contributed by atoms with Crippen LogP contribution in [0.25, 0.3) is 0 Å². The first-order chi connectivity index (χ1) is 16.6. The highest BCUT2D eigenvalue weighted by Gasteiger charge is 2.35. The van der Waals surface area contributed by atoms with Crippen LogP contribution >= 0.6 is 23.2 Å². The maximum Gasteiger partial charge on any atom is 0.262 e. The molecule has 35 heavy (non-hydrogen) atoms. The predicted molar refractivity (Wildman–Crippen MR) is 130 cm³/mol. The van der Waals surface area contributed by atoms with Gasteiger partial charge < -0.3 is 24.8 Å². The highest BCUT2D eigenvalue weighted by Crippen LogP contribution is 2.39. The van der Waals surface area contributed by atoms with E-state index in [1.807, 2.05) is 0 Å². The first-order valence-corrected chi connectivity index (χ1v) is 12.8. The van der Waals surface area contributed by atoms with Gasteiger partial charge in [-0.2, -0.15) is 4.31 Å². The molecule has 2 aromatic carbocycles. The number of hydrogen-bond donors (Lipinski definition) is 2. The van der Waals surface area contributed by atoms with Crippen molar-refractivity contribution in [1.82, 2.24) is 4.31 Å². The third kappa shape index (κ3) is 5.13. The maximum absolute atomic E-state index is 13.4. The molecule has 1 unspecified atom stereocenters. The van der Waals surface area contributed by atoms with E-state index in [9.17, 15) is 18.0 Å². The van der Waals surface area contributed by atoms with Gasteiger partial charge in [0, 0.05) is 25.2 Å². The molecule has 0 saturated carbocycles. The van der Waals surface area contributed by atoms with Crippen LogP contribution in [0, 0.1) is 5.92 Å². The van der Waals surface area contributed by atoms with Gasteiger partial charge in [0.1, 0.15) is 22.1 Å². The molecule has 13 heteroatoms. The molecule has 2 aromatic rings. The van der Waals surface area contributed by atoms with Gasteiger partial charge in [-0.1, -0.05) is 23.2 Å². The molecule has 2 amide bonds. The zero-order valence-electron chi connectivity index (χ0n) is 18.9. The number of benzene rings is 2. The Balaban J connectivity index is 1.54. The highest BCUT2D eigenvalue weighted by molar-refractivity contribution is 7.89. The zero-order chi connectivity index (χ0) is 25.3. The normalized spacial score (nSPS) is 18.2. The van der Waals surface area contributed by atoms with Crippen LogP contribution in [-0.2, 0) is 19.6 Å². The fourth-order valence-electron chi connectivity index (χ4n) is 3.99. The molecule has 0 aliphatic carbocycles. The Kier molecular flexibility index (Phi) is 7.32. The molecule has 10 nitrogen and oxygen atoms in total. The maximum atomic E-state index is 13.4. The fraction of sp³-hybridized carbons (Fsp3) is 0.364. The number of halogens is 2. The topological polar surface area (TPSA) is 123 Å². The molecule has 2 N–H and O–H groups in total. The second-order valence-electron chi connectivity index (χ2n) is 7.99. The molecule has 2 aliphatic rings. The quantitative estimate of drug-likeness (QED) is 0.572. The smallest absolute Gasteiger partial charge is 0.262 e. The minimum absolute atomic E-state index is 0.0363. The Labute approximate surface area is 212 Å². The van der Waals surface area contributed by atoms with Crippen LogP contribution in [0.15, 0.2) is 29.2 Å². The molecule has 1 fully saturated rings. The molecule has 4 rings (SSSR count). The van der Waals surface area contributed by atoms with E-state index in [0.29, 0.717) is 35.7 Å². The van der Waals surface area contributed by atoms with E-state index in [1.54, 1.807) is 6.07 Å². The Morgan fingerprint density at radius 1 is 1.14 bits per heavy atom. The second-order valence-corrected chi connectivity index (χ2v) is 10.7. The largest absolute Gasteiger partial charge is 0.495 e. The van der Waals surface area contributed by atoms with Gasteiger partial charge in [-0.25, -0.2) is 8.42 Å². The number of carbonyl (C=O) groups excluding carboxylic acids is 2. The summed E-state index contributed by atoms with van der Waals surface area (Å²) in [6.45, 7) is -0.0287. The summed E-state index contributed by atoms with van der Waals surface area (Å²) in [4.78, 5) is 24.4. The van der Waals surface area contributed by atoms with Crippen LogP contribution in [0.5, 0.6) is 17.2 Å². The SMILES string of the molecule is COc1cc(OC)c(NC(=O)C2CCCN(S(=O)(=O)c3cc4c(cc3Cl)NC(=O)CO4)C2)cc1Cl. The summed E-state index contributed by atoms with van der Waals surface area (Å²) >= 11 is 12.4. The lowest BCUT2D eigenvalue weighted by Crippen LogP contribution is -2.43. The number of fused-ring (bicyclic) bond motifs is 1. The van der Waals surface area contributed by atoms with Crippen molar-refractivity contribution in [3.63, 3.8) is 0 Å². The lowest BCUT2D eigenvalue weighted by atomic mass is 9.98. The standard InChI is InChI=1S/C22H23Cl2N3O7S/c1-32-17-8-18(33-2)15(6-13(17)23)26-22(29)12-4-3-5-27(10-12)35(30,31)20-9-19-16(7-14(20)24)25-21(28)11-34-19/h6-9,12H,3-5,10-11H2,1-2H3,(H,25,28)(H,26,29). The highest BCUT2D eigenvalue weighted by atomic mass is 35.5. The van der Waals surface area contributed by atoms with Crippen molar-refractivity contribution >= 4 is 56.4 Å². The van der Waals surface area contributed by atoms with Crippen LogP contribution in [0.4, 0.5) is 11.4 Å². The Bertz CT molecular complexity index is 1290. The van der Waals surface area contributed by atoms with E-state index in [2.05, 4.69) is 10.6 Å². The van der Waals surface area contributed by atoms with E-state index in [-0.39, 0.29) is 52.2 Å². The lowest BCUT2D eigenvalue weighted by Gasteiger charge is -2.32. The van der Waals surface area contributed by atoms with Crippen molar-refractivity contribution in [3.05, 3.63) is 34.3 Å². The molecule has 0 aromatic heterocycles. The summed E-state index contributed by atoms with van der Waals surface area (Å²) in [5, 5.41) is 5.60. The minimum atomic E-state index is -4.04. The number of nitrogens with one attached hydrogen (secondary N) is 2. The summed E-state index contributed by atoms with van der Waals surface area (Å²) in [6, 6.07) is 5.70. The number of rotatable bonds is 6. The van der Waals surface area contributed by atoms with Gasteiger partial charge in [0.15, 0.2) is 6.61 Å². The van der Waals surface area contributed by atoms with Crippen LogP contribution < -0.4 is 24.8 Å². The lowest BCUT2D eigenvalue weighted by molar-refractivity contribution is -0.121. The number of hydrogen-bond acceptors (Lipinski definition) is 7. The van der Waals surface area contributed by atoms with Crippen molar-refractivity contribution in [2.24, 2.45) is 5.92 Å². The number of anilines is 2.